The van der Waals surface area contributed by atoms with Crippen molar-refractivity contribution in [3.8, 4) is 11.5 Å². The molecule has 10 nitrogen and oxygen atoms in total. The number of rotatable bonds is 8. The number of carbonyl (C=O) groups excluding carboxylic acids is 2. The van der Waals surface area contributed by atoms with Gasteiger partial charge in [0.05, 0.1) is 30.8 Å². The van der Waals surface area contributed by atoms with E-state index < -0.39 is 10.9 Å². The molecule has 0 radical (unpaired) electrons. The number of nitro benzene ring substituents is 1. The number of nitro groups is 1. The molecule has 0 aliphatic carbocycles. The molecule has 3 rings (SSSR count). The Morgan fingerprint density at radius 2 is 1.81 bits per heavy atom. The average Bonchev–Trinajstić information content (AvgIpc) is 2.81. The summed E-state index contributed by atoms with van der Waals surface area (Å²) in [7, 11) is 1.43. The molecule has 0 atom stereocenters. The fraction of sp³-hybridized carbons (Fsp3) is 0.333. The topological polar surface area (TPSA) is 117 Å². The van der Waals surface area contributed by atoms with E-state index in [1.165, 1.54) is 49.6 Å². The molecular formula is C21H22N2O8. The number of benzene rings is 2. The third-order valence-corrected chi connectivity index (χ3v) is 4.63. The molecule has 1 aliphatic rings. The molecule has 0 aromatic heterocycles. The van der Waals surface area contributed by atoms with Crippen molar-refractivity contribution in [2.75, 3.05) is 40.0 Å². The van der Waals surface area contributed by atoms with E-state index in [0.717, 1.165) is 0 Å². The predicted octanol–water partition coefficient (Wildman–Crippen LogP) is 2.20. The third kappa shape index (κ3) is 5.92. The lowest BCUT2D eigenvalue weighted by atomic mass is 10.2. The van der Waals surface area contributed by atoms with Crippen molar-refractivity contribution in [2.24, 2.45) is 0 Å². The largest absolute Gasteiger partial charge is 0.493 e. The summed E-state index contributed by atoms with van der Waals surface area (Å²) in [6, 6.07) is 10.2. The van der Waals surface area contributed by atoms with Crippen molar-refractivity contribution >= 4 is 17.6 Å². The Morgan fingerprint density at radius 3 is 2.45 bits per heavy atom. The maximum Gasteiger partial charge on any atom is 0.338 e. The second-order valence-electron chi connectivity index (χ2n) is 6.65. The highest BCUT2D eigenvalue weighted by atomic mass is 16.6. The number of ether oxygens (including phenoxy) is 4. The number of hydrogen-bond acceptors (Lipinski definition) is 8. The van der Waals surface area contributed by atoms with E-state index in [2.05, 4.69) is 0 Å². The summed E-state index contributed by atoms with van der Waals surface area (Å²) >= 11 is 0. The monoisotopic (exact) mass is 430 g/mol. The van der Waals surface area contributed by atoms with Gasteiger partial charge in [0.2, 0.25) is 0 Å². The zero-order valence-electron chi connectivity index (χ0n) is 16.9. The lowest BCUT2D eigenvalue weighted by Crippen LogP contribution is -2.43. The Balaban J connectivity index is 1.57. The van der Waals surface area contributed by atoms with Crippen molar-refractivity contribution in [1.29, 1.82) is 0 Å². The van der Waals surface area contributed by atoms with Crippen LogP contribution in [0.4, 0.5) is 5.69 Å². The van der Waals surface area contributed by atoms with Crippen LogP contribution >= 0.6 is 0 Å². The minimum absolute atomic E-state index is 0.0363. The molecule has 0 spiro atoms. The van der Waals surface area contributed by atoms with E-state index >= 15 is 0 Å². The number of amides is 1. The van der Waals surface area contributed by atoms with Gasteiger partial charge in [-0.2, -0.15) is 0 Å². The Hall–Kier alpha value is -3.66. The van der Waals surface area contributed by atoms with Gasteiger partial charge in [0.25, 0.3) is 11.6 Å². The van der Waals surface area contributed by atoms with E-state index in [-0.39, 0.29) is 30.4 Å². The summed E-state index contributed by atoms with van der Waals surface area (Å²) in [6.45, 7) is 1.88. The smallest absolute Gasteiger partial charge is 0.338 e. The van der Waals surface area contributed by atoms with E-state index in [1.807, 2.05) is 0 Å². The van der Waals surface area contributed by atoms with Crippen LogP contribution in [0.3, 0.4) is 0 Å². The molecule has 1 fully saturated rings. The van der Waals surface area contributed by atoms with Crippen LogP contribution in [0.25, 0.3) is 0 Å². The molecule has 1 aliphatic heterocycles. The van der Waals surface area contributed by atoms with Crippen molar-refractivity contribution in [3.05, 3.63) is 63.7 Å². The summed E-state index contributed by atoms with van der Waals surface area (Å²) in [4.78, 5) is 36.4. The molecule has 0 N–H and O–H groups in total. The highest BCUT2D eigenvalue weighted by molar-refractivity contribution is 5.90. The maximum absolute atomic E-state index is 12.3. The zero-order chi connectivity index (χ0) is 22.2. The highest BCUT2D eigenvalue weighted by Crippen LogP contribution is 2.28. The van der Waals surface area contributed by atoms with E-state index in [4.69, 9.17) is 18.9 Å². The summed E-state index contributed by atoms with van der Waals surface area (Å²) in [5.74, 6) is -0.125. The van der Waals surface area contributed by atoms with Crippen LogP contribution in [0.15, 0.2) is 42.5 Å². The maximum atomic E-state index is 12.3. The molecule has 0 saturated carbocycles. The van der Waals surface area contributed by atoms with Crippen LogP contribution in [0.1, 0.15) is 15.9 Å². The van der Waals surface area contributed by atoms with Crippen LogP contribution in [-0.2, 0) is 20.9 Å². The quantitative estimate of drug-likeness (QED) is 0.355. The van der Waals surface area contributed by atoms with Gasteiger partial charge in [-0.05, 0) is 35.9 Å². The molecule has 1 saturated heterocycles. The summed E-state index contributed by atoms with van der Waals surface area (Å²) in [6.07, 6.45) is 0. The average molecular weight is 430 g/mol. The summed E-state index contributed by atoms with van der Waals surface area (Å²) < 4.78 is 21.3. The van der Waals surface area contributed by atoms with Crippen LogP contribution in [0.2, 0.25) is 0 Å². The van der Waals surface area contributed by atoms with Crippen molar-refractivity contribution in [2.45, 2.75) is 6.61 Å². The fourth-order valence-electron chi connectivity index (χ4n) is 2.90. The van der Waals surface area contributed by atoms with Crippen molar-refractivity contribution in [1.82, 2.24) is 4.90 Å². The lowest BCUT2D eigenvalue weighted by molar-refractivity contribution is -0.384. The van der Waals surface area contributed by atoms with Crippen molar-refractivity contribution < 1.29 is 33.5 Å². The summed E-state index contributed by atoms with van der Waals surface area (Å²) in [5.41, 5.74) is 0.820. The Bertz CT molecular complexity index is 939. The second kappa shape index (κ2) is 10.4. The molecule has 164 valence electrons. The van der Waals surface area contributed by atoms with Crippen LogP contribution in [0.5, 0.6) is 11.5 Å². The van der Waals surface area contributed by atoms with Gasteiger partial charge in [0, 0.05) is 25.2 Å². The molecule has 1 heterocycles. The molecule has 0 bridgehead atoms. The normalized spacial score (nSPS) is 13.4. The lowest BCUT2D eigenvalue weighted by Gasteiger charge is -2.26. The van der Waals surface area contributed by atoms with Gasteiger partial charge in [-0.15, -0.1) is 0 Å². The number of methoxy groups -OCH3 is 1. The molecule has 2 aromatic rings. The van der Waals surface area contributed by atoms with E-state index in [9.17, 15) is 19.7 Å². The molecule has 1 amide bonds. The van der Waals surface area contributed by atoms with E-state index in [1.54, 1.807) is 4.90 Å². The van der Waals surface area contributed by atoms with Gasteiger partial charge in [0.15, 0.2) is 18.1 Å². The van der Waals surface area contributed by atoms with Crippen molar-refractivity contribution in [3.63, 3.8) is 0 Å². The Kier molecular flexibility index (Phi) is 7.39. The SMILES string of the molecule is COc1cc(C(=O)OCc2ccc([N+](=O)[O-])cc2)ccc1OCC(=O)N1CCOCC1. The van der Waals surface area contributed by atoms with Crippen LogP contribution < -0.4 is 9.47 Å². The number of non-ortho nitro benzene ring substituents is 1. The molecule has 10 heteroatoms. The van der Waals surface area contributed by atoms with Gasteiger partial charge in [-0.1, -0.05) is 0 Å². The van der Waals surface area contributed by atoms with Crippen LogP contribution in [0, 0.1) is 10.1 Å². The zero-order valence-corrected chi connectivity index (χ0v) is 16.9. The third-order valence-electron chi connectivity index (χ3n) is 4.63. The van der Waals surface area contributed by atoms with E-state index in [0.29, 0.717) is 43.4 Å². The number of hydrogen-bond donors (Lipinski definition) is 0. The highest BCUT2D eigenvalue weighted by Gasteiger charge is 2.19. The van der Waals surface area contributed by atoms with Gasteiger partial charge in [0.1, 0.15) is 6.61 Å². The minimum atomic E-state index is -0.590. The predicted molar refractivity (Wildman–Crippen MR) is 108 cm³/mol. The first-order valence-corrected chi connectivity index (χ1v) is 9.54. The molecule has 2 aromatic carbocycles. The molecular weight excluding hydrogens is 408 g/mol. The molecule has 0 unspecified atom stereocenters. The van der Waals surface area contributed by atoms with Gasteiger partial charge in [-0.25, -0.2) is 4.79 Å². The fourth-order valence-corrected chi connectivity index (χ4v) is 2.90. The second-order valence-corrected chi connectivity index (χ2v) is 6.65. The van der Waals surface area contributed by atoms with Gasteiger partial charge >= 0.3 is 5.97 Å². The molecule has 31 heavy (non-hydrogen) atoms. The Morgan fingerprint density at radius 1 is 1.10 bits per heavy atom. The van der Waals surface area contributed by atoms with Gasteiger partial charge in [-0.3, -0.25) is 14.9 Å². The number of esters is 1. The number of carbonyl (C=O) groups is 2. The first-order valence-electron chi connectivity index (χ1n) is 9.54. The first-order chi connectivity index (χ1) is 15.0. The number of morpholine rings is 1. The standard InChI is InChI=1S/C21H22N2O8/c1-28-19-12-16(21(25)31-13-15-2-5-17(6-3-15)23(26)27)4-7-18(19)30-14-20(24)22-8-10-29-11-9-22/h2-7,12H,8-11,13-14H2,1H3. The summed E-state index contributed by atoms with van der Waals surface area (Å²) in [5, 5.41) is 10.7. The first kappa shape index (κ1) is 22.0. The Labute approximate surface area is 178 Å². The number of nitrogens with zero attached hydrogens (tertiary/aromatic N) is 2. The van der Waals surface area contributed by atoms with Gasteiger partial charge < -0.3 is 23.8 Å². The minimum Gasteiger partial charge on any atom is -0.493 e. The van der Waals surface area contributed by atoms with Crippen LogP contribution in [-0.4, -0.2) is 61.7 Å².